The molecule has 0 bridgehead atoms. The Morgan fingerprint density at radius 2 is 1.58 bits per heavy atom. The first-order valence-corrected chi connectivity index (χ1v) is 13.6. The Kier molecular flexibility index (Phi) is 10.8. The monoisotopic (exact) mass is 526 g/mol. The van der Waals surface area contributed by atoms with Gasteiger partial charge in [-0.1, -0.05) is 73.1 Å². The molecule has 1 N–H and O–H groups in total. The van der Waals surface area contributed by atoms with E-state index in [1.807, 2.05) is 56.3 Å². The lowest BCUT2D eigenvalue weighted by molar-refractivity contribution is -0.139. The fraction of sp³-hybridized carbons (Fsp3) is 0.310. The summed E-state index contributed by atoms with van der Waals surface area (Å²) >= 11 is 7.52. The highest BCUT2D eigenvalue weighted by Gasteiger charge is 2.30. The lowest BCUT2D eigenvalue weighted by Gasteiger charge is -2.32. The van der Waals surface area contributed by atoms with Crippen LogP contribution in [0.25, 0.3) is 0 Å². The number of carbonyl (C=O) groups is 2. The molecule has 0 fully saturated rings. The molecule has 7 heteroatoms. The van der Waals surface area contributed by atoms with Gasteiger partial charge in [0.1, 0.15) is 11.9 Å². The van der Waals surface area contributed by atoms with E-state index in [1.165, 1.54) is 23.9 Å². The molecular formula is C29H32ClFN2O2S. The van der Waals surface area contributed by atoms with Crippen molar-refractivity contribution in [1.82, 2.24) is 10.2 Å². The van der Waals surface area contributed by atoms with Crippen LogP contribution in [0.2, 0.25) is 5.02 Å². The van der Waals surface area contributed by atoms with Crippen LogP contribution in [-0.2, 0) is 28.3 Å². The average Bonchev–Trinajstić information content (AvgIpc) is 2.88. The van der Waals surface area contributed by atoms with Crippen molar-refractivity contribution in [3.8, 4) is 0 Å². The highest BCUT2D eigenvalue weighted by molar-refractivity contribution is 7.99. The average molecular weight is 527 g/mol. The molecule has 0 unspecified atom stereocenters. The number of benzene rings is 3. The summed E-state index contributed by atoms with van der Waals surface area (Å²) in [4.78, 5) is 28.7. The minimum atomic E-state index is -0.670. The maximum atomic E-state index is 13.6. The molecule has 2 amide bonds. The van der Waals surface area contributed by atoms with Crippen LogP contribution in [-0.4, -0.2) is 34.6 Å². The molecule has 0 radical (unpaired) electrons. The summed E-state index contributed by atoms with van der Waals surface area (Å²) in [5.41, 5.74) is 2.81. The molecule has 4 nitrogen and oxygen atoms in total. The highest BCUT2D eigenvalue weighted by atomic mass is 35.5. The first kappa shape index (κ1) is 27.8. The van der Waals surface area contributed by atoms with Crippen LogP contribution in [0.3, 0.4) is 0 Å². The van der Waals surface area contributed by atoms with Crippen molar-refractivity contribution < 1.29 is 14.0 Å². The number of halogens is 2. The van der Waals surface area contributed by atoms with Gasteiger partial charge in [0.05, 0.1) is 5.75 Å². The second-order valence-corrected chi connectivity index (χ2v) is 10.2. The first-order chi connectivity index (χ1) is 17.4. The first-order valence-electron chi connectivity index (χ1n) is 12.1. The van der Waals surface area contributed by atoms with Crippen molar-refractivity contribution in [1.29, 1.82) is 0 Å². The molecule has 0 spiro atoms. The van der Waals surface area contributed by atoms with E-state index in [2.05, 4.69) is 5.32 Å². The van der Waals surface area contributed by atoms with Crippen molar-refractivity contribution in [3.05, 3.63) is 106 Å². The molecule has 0 aliphatic rings. The smallest absolute Gasteiger partial charge is 0.243 e. The van der Waals surface area contributed by atoms with E-state index in [4.69, 9.17) is 11.6 Å². The Morgan fingerprint density at radius 1 is 0.944 bits per heavy atom. The van der Waals surface area contributed by atoms with Gasteiger partial charge in [0.15, 0.2) is 0 Å². The zero-order valence-corrected chi connectivity index (χ0v) is 22.2. The van der Waals surface area contributed by atoms with E-state index in [-0.39, 0.29) is 29.4 Å². The summed E-state index contributed by atoms with van der Waals surface area (Å²) in [5.74, 6) is 0.192. The van der Waals surface area contributed by atoms with Gasteiger partial charge in [0.2, 0.25) is 11.8 Å². The lowest BCUT2D eigenvalue weighted by atomic mass is 10.0. The molecule has 3 rings (SSSR count). The Morgan fingerprint density at radius 3 is 2.22 bits per heavy atom. The van der Waals surface area contributed by atoms with Gasteiger partial charge < -0.3 is 10.2 Å². The molecular weight excluding hydrogens is 495 g/mol. The van der Waals surface area contributed by atoms with E-state index in [0.717, 1.165) is 23.1 Å². The summed E-state index contributed by atoms with van der Waals surface area (Å²) in [7, 11) is 0. The molecule has 3 aromatic rings. The van der Waals surface area contributed by atoms with E-state index in [0.29, 0.717) is 23.7 Å². The molecule has 0 saturated carbocycles. The van der Waals surface area contributed by atoms with Crippen LogP contribution in [0, 0.1) is 5.82 Å². The van der Waals surface area contributed by atoms with Gasteiger partial charge in [-0.2, -0.15) is 0 Å². The second-order valence-electron chi connectivity index (χ2n) is 8.79. The predicted octanol–water partition coefficient (Wildman–Crippen LogP) is 6.27. The van der Waals surface area contributed by atoms with Crippen LogP contribution in [0.5, 0.6) is 0 Å². The number of rotatable bonds is 12. The largest absolute Gasteiger partial charge is 0.352 e. The number of carbonyl (C=O) groups excluding carboxylic acids is 2. The summed E-state index contributed by atoms with van der Waals surface area (Å²) < 4.78 is 13.2. The van der Waals surface area contributed by atoms with Gasteiger partial charge in [0.25, 0.3) is 0 Å². The molecule has 0 heterocycles. The fourth-order valence-electron chi connectivity index (χ4n) is 3.70. The quantitative estimate of drug-likeness (QED) is 0.303. The molecule has 3 aromatic carbocycles. The Bertz CT molecular complexity index is 1110. The number of nitrogens with one attached hydrogen (secondary N) is 1. The summed E-state index contributed by atoms with van der Waals surface area (Å²) in [6.45, 7) is 4.26. The number of amides is 2. The van der Waals surface area contributed by atoms with Gasteiger partial charge in [0, 0.05) is 29.8 Å². The third-order valence-electron chi connectivity index (χ3n) is 5.95. The van der Waals surface area contributed by atoms with E-state index in [9.17, 15) is 14.0 Å². The van der Waals surface area contributed by atoms with Gasteiger partial charge >= 0.3 is 0 Å². The molecule has 0 aliphatic heterocycles. The summed E-state index contributed by atoms with van der Waals surface area (Å²) in [6, 6.07) is 22.7. The van der Waals surface area contributed by atoms with Crippen LogP contribution in [0.1, 0.15) is 37.0 Å². The zero-order valence-electron chi connectivity index (χ0n) is 20.6. The van der Waals surface area contributed by atoms with Crippen molar-refractivity contribution in [2.75, 3.05) is 5.75 Å². The van der Waals surface area contributed by atoms with Crippen molar-refractivity contribution in [3.63, 3.8) is 0 Å². The minimum Gasteiger partial charge on any atom is -0.352 e. The maximum Gasteiger partial charge on any atom is 0.243 e. The molecule has 0 aromatic heterocycles. The van der Waals surface area contributed by atoms with Crippen LogP contribution in [0.15, 0.2) is 78.9 Å². The van der Waals surface area contributed by atoms with Crippen LogP contribution in [0.4, 0.5) is 4.39 Å². The van der Waals surface area contributed by atoms with Crippen molar-refractivity contribution >= 4 is 35.2 Å². The summed E-state index contributed by atoms with van der Waals surface area (Å²) in [6.07, 6.45) is 1.20. The molecule has 0 saturated heterocycles. The molecule has 2 atom stereocenters. The molecule has 0 aliphatic carbocycles. The number of hydrogen-bond donors (Lipinski definition) is 1. The lowest BCUT2D eigenvalue weighted by Crippen LogP contribution is -2.52. The van der Waals surface area contributed by atoms with Gasteiger partial charge in [-0.05, 0) is 54.3 Å². The Labute approximate surface area is 222 Å². The second kappa shape index (κ2) is 14.0. The van der Waals surface area contributed by atoms with Crippen LogP contribution >= 0.6 is 23.4 Å². The number of hydrogen-bond acceptors (Lipinski definition) is 3. The molecule has 36 heavy (non-hydrogen) atoms. The predicted molar refractivity (Wildman–Crippen MR) is 146 cm³/mol. The topological polar surface area (TPSA) is 49.4 Å². The third-order valence-corrected chi connectivity index (χ3v) is 7.19. The number of thioether (sulfide) groups is 1. The Hall–Kier alpha value is -2.83. The normalized spacial score (nSPS) is 12.6. The third kappa shape index (κ3) is 8.68. The minimum absolute atomic E-state index is 0.00360. The fourth-order valence-corrected chi connectivity index (χ4v) is 4.70. The van der Waals surface area contributed by atoms with E-state index >= 15 is 0 Å². The Balaban J connectivity index is 1.84. The number of nitrogens with zero attached hydrogens (tertiary/aromatic N) is 1. The van der Waals surface area contributed by atoms with Crippen molar-refractivity contribution in [2.24, 2.45) is 0 Å². The maximum absolute atomic E-state index is 13.6. The van der Waals surface area contributed by atoms with E-state index in [1.54, 1.807) is 29.2 Å². The standard InChI is InChI=1S/C29H32ClFN2O2S/c1-3-21(2)32-29(35)27(17-22-7-5-4-6-8-22)33(18-23-9-13-25(30)14-10-23)28(34)20-36-19-24-11-15-26(31)16-12-24/h4-16,21,27H,3,17-20H2,1-2H3,(H,32,35)/t21-,27+/m0/s1. The SMILES string of the molecule is CC[C@H](C)NC(=O)[C@@H](Cc1ccccc1)N(Cc1ccc(Cl)cc1)C(=O)CSCc1ccc(F)cc1. The zero-order chi connectivity index (χ0) is 25.9. The van der Waals surface area contributed by atoms with Gasteiger partial charge in [-0.15, -0.1) is 11.8 Å². The summed E-state index contributed by atoms with van der Waals surface area (Å²) in [5, 5.41) is 3.68. The highest BCUT2D eigenvalue weighted by Crippen LogP contribution is 2.20. The van der Waals surface area contributed by atoms with Crippen molar-refractivity contribution in [2.45, 2.75) is 51.1 Å². The van der Waals surface area contributed by atoms with Gasteiger partial charge in [-0.25, -0.2) is 4.39 Å². The van der Waals surface area contributed by atoms with E-state index < -0.39 is 6.04 Å². The molecule has 190 valence electrons. The van der Waals surface area contributed by atoms with Crippen LogP contribution < -0.4 is 5.32 Å². The van der Waals surface area contributed by atoms with Gasteiger partial charge in [-0.3, -0.25) is 9.59 Å².